The van der Waals surface area contributed by atoms with E-state index in [1.165, 1.54) is 6.92 Å². The van der Waals surface area contributed by atoms with E-state index in [0.29, 0.717) is 33.6 Å². The molecule has 4 aromatic rings. The fraction of sp³-hybridized carbons (Fsp3) is 0.400. The second-order valence-corrected chi connectivity index (χ2v) is 13.6. The smallest absolute Gasteiger partial charge is 0.248 e. The largest absolute Gasteiger partial charge is 0.380 e. The predicted octanol–water partition coefficient (Wildman–Crippen LogP) is 4.81. The van der Waals surface area contributed by atoms with Crippen molar-refractivity contribution < 1.29 is 19.1 Å². The van der Waals surface area contributed by atoms with E-state index in [-0.39, 0.29) is 47.9 Å². The van der Waals surface area contributed by atoms with Crippen LogP contribution in [-0.2, 0) is 27.5 Å². The Morgan fingerprint density at radius 3 is 2.62 bits per heavy atom. The average molecular weight is 716 g/mol. The van der Waals surface area contributed by atoms with Crippen LogP contribution >= 0.6 is 15.9 Å². The van der Waals surface area contributed by atoms with Crippen molar-refractivity contribution in [2.75, 3.05) is 32.6 Å². The number of aromatic nitrogens is 5. The molecule has 0 spiro atoms. The first-order valence-electron chi connectivity index (χ1n) is 15.9. The minimum atomic E-state index is -0.704. The van der Waals surface area contributed by atoms with E-state index in [2.05, 4.69) is 59.3 Å². The van der Waals surface area contributed by atoms with Crippen molar-refractivity contribution in [1.82, 2.24) is 34.5 Å². The Hall–Kier alpha value is -4.33. The highest BCUT2D eigenvalue weighted by Crippen LogP contribution is 2.60. The Kier molecular flexibility index (Phi) is 9.55. The molecule has 1 aromatic carbocycles. The third-order valence-corrected chi connectivity index (χ3v) is 9.66. The van der Waals surface area contributed by atoms with Gasteiger partial charge in [-0.05, 0) is 73.4 Å². The van der Waals surface area contributed by atoms with Crippen LogP contribution in [0.2, 0.25) is 0 Å². The first-order valence-corrected chi connectivity index (χ1v) is 16.7. The number of pyridine rings is 1. The number of anilines is 1. The lowest BCUT2D eigenvalue weighted by molar-refractivity contribution is -0.138. The molecule has 2 amide bonds. The fourth-order valence-electron chi connectivity index (χ4n) is 6.86. The number of benzene rings is 1. The normalized spacial score (nSPS) is 20.1. The number of nitrogens with one attached hydrogen (secondary N) is 1. The summed E-state index contributed by atoms with van der Waals surface area (Å²) in [6.07, 6.45) is 8.94. The molecular formula is C35H39BrN8O4. The van der Waals surface area contributed by atoms with Gasteiger partial charge in [0.25, 0.3) is 0 Å². The van der Waals surface area contributed by atoms with Crippen molar-refractivity contribution in [1.29, 1.82) is 0 Å². The Morgan fingerprint density at radius 1 is 1.15 bits per heavy atom. The van der Waals surface area contributed by atoms with Gasteiger partial charge >= 0.3 is 0 Å². The van der Waals surface area contributed by atoms with Gasteiger partial charge < -0.3 is 19.9 Å². The van der Waals surface area contributed by atoms with Gasteiger partial charge in [0.1, 0.15) is 34.5 Å². The molecule has 1 aliphatic carbocycles. The van der Waals surface area contributed by atoms with Gasteiger partial charge in [0.15, 0.2) is 5.78 Å². The Morgan fingerprint density at radius 2 is 1.92 bits per heavy atom. The van der Waals surface area contributed by atoms with Crippen molar-refractivity contribution in [3.05, 3.63) is 76.6 Å². The molecule has 1 N–H and O–H groups in total. The number of piperidine rings is 1. The molecule has 0 unspecified atom stereocenters. The van der Waals surface area contributed by atoms with E-state index in [0.717, 1.165) is 36.2 Å². The molecule has 0 bridgehead atoms. The number of halogens is 1. The van der Waals surface area contributed by atoms with E-state index in [1.807, 2.05) is 44.2 Å². The molecule has 1 saturated heterocycles. The van der Waals surface area contributed by atoms with Crippen molar-refractivity contribution >= 4 is 50.2 Å². The van der Waals surface area contributed by atoms with E-state index >= 15 is 0 Å². The number of methoxy groups -OCH3 is 1. The summed E-state index contributed by atoms with van der Waals surface area (Å²) >= 11 is 3.40. The van der Waals surface area contributed by atoms with Gasteiger partial charge in [-0.2, -0.15) is 5.10 Å². The van der Waals surface area contributed by atoms with Crippen LogP contribution in [0.5, 0.6) is 0 Å². The molecule has 12 nitrogen and oxygen atoms in total. The quantitative estimate of drug-likeness (QED) is 0.125. The van der Waals surface area contributed by atoms with Crippen LogP contribution in [0.15, 0.2) is 59.5 Å². The fourth-order valence-corrected chi connectivity index (χ4v) is 7.17. The summed E-state index contributed by atoms with van der Waals surface area (Å²) in [6, 6.07) is 8.49. The molecule has 2 fully saturated rings. The number of Topliss-reactive ketones (excluding diaryl/α,β-unsaturated/α-hetero) is 1. The zero-order valence-corrected chi connectivity index (χ0v) is 29.3. The number of rotatable bonds is 12. The van der Waals surface area contributed by atoms with Crippen molar-refractivity contribution in [3.63, 3.8) is 0 Å². The average Bonchev–Trinajstić information content (AvgIpc) is 3.45. The van der Waals surface area contributed by atoms with E-state index in [4.69, 9.17) is 4.74 Å². The summed E-state index contributed by atoms with van der Waals surface area (Å²) in [5.74, 6) is 0.319. The van der Waals surface area contributed by atoms with Crippen LogP contribution in [0.4, 0.5) is 5.82 Å². The molecule has 1 aliphatic heterocycles. The monoisotopic (exact) mass is 714 g/mol. The number of carbonyl (C=O) groups excluding carboxylic acids is 3. The molecule has 6 rings (SSSR count). The lowest BCUT2D eigenvalue weighted by Crippen LogP contribution is -2.47. The molecular weight excluding hydrogens is 676 g/mol. The SMILES string of the molecule is C/C=C/CN(C)C[C@@]12C[C@@H](C(=O)Nc3nc(Br)ccc3COC)N(C(=O)Cn3nc(C(C)=O)c4cc(-c5cnc(C)nc5)ccc43)[C@@H]1C2. The van der Waals surface area contributed by atoms with Gasteiger partial charge in [-0.1, -0.05) is 24.3 Å². The second kappa shape index (κ2) is 13.7. The Bertz CT molecular complexity index is 1910. The summed E-state index contributed by atoms with van der Waals surface area (Å²) in [5, 5.41) is 8.24. The summed E-state index contributed by atoms with van der Waals surface area (Å²) in [4.78, 5) is 58.1. The number of amides is 2. The third-order valence-electron chi connectivity index (χ3n) is 9.22. The molecule has 48 heavy (non-hydrogen) atoms. The van der Waals surface area contributed by atoms with Crippen LogP contribution in [0.3, 0.4) is 0 Å². The number of nitrogens with zero attached hydrogens (tertiary/aromatic N) is 7. The molecule has 1 saturated carbocycles. The van der Waals surface area contributed by atoms with Crippen molar-refractivity contribution in [2.45, 2.75) is 58.8 Å². The third kappa shape index (κ3) is 6.67. The van der Waals surface area contributed by atoms with Gasteiger partial charge in [0.2, 0.25) is 11.8 Å². The Balaban J connectivity index is 1.31. The molecule has 3 aromatic heterocycles. The molecule has 2 aliphatic rings. The van der Waals surface area contributed by atoms with Crippen LogP contribution in [0.1, 0.15) is 48.6 Å². The van der Waals surface area contributed by atoms with Gasteiger partial charge in [0, 0.05) is 67.5 Å². The standard InChI is InChI=1S/C35H39BrN8O4/c1-6-7-12-42(4)20-35-14-28(34(47)40-33-24(19-48-5)9-11-30(36)39-33)44(29(35)15-35)31(46)18-43-27-10-8-23(25-16-37-22(3)38-17-25)13-26(27)32(41-43)21(2)45/h6-11,13,16-17,28-29H,12,14-15,18-20H2,1-5H3,(H,39,40,47)/b7-6+/t28-,29+,35-/m0/s1. The first kappa shape index (κ1) is 33.6. The van der Waals surface area contributed by atoms with Crippen LogP contribution < -0.4 is 5.32 Å². The van der Waals surface area contributed by atoms with Crippen LogP contribution in [-0.4, -0.2) is 91.5 Å². The molecule has 13 heteroatoms. The highest BCUT2D eigenvalue weighted by Gasteiger charge is 2.67. The number of carbonyl (C=O) groups is 3. The van der Waals surface area contributed by atoms with Gasteiger partial charge in [-0.15, -0.1) is 0 Å². The number of hydrogen-bond acceptors (Lipinski definition) is 9. The highest BCUT2D eigenvalue weighted by atomic mass is 79.9. The molecule has 4 heterocycles. The zero-order chi connectivity index (χ0) is 34.2. The minimum Gasteiger partial charge on any atom is -0.380 e. The van der Waals surface area contributed by atoms with Crippen molar-refractivity contribution in [2.24, 2.45) is 5.41 Å². The maximum Gasteiger partial charge on any atom is 0.248 e. The number of fused-ring (bicyclic) bond motifs is 2. The maximum absolute atomic E-state index is 14.3. The maximum atomic E-state index is 14.3. The minimum absolute atomic E-state index is 0.0926. The topological polar surface area (TPSA) is 135 Å². The number of aryl methyl sites for hydroxylation is 1. The highest BCUT2D eigenvalue weighted by molar-refractivity contribution is 9.10. The Labute approximate surface area is 287 Å². The number of hydrogen-bond donors (Lipinski definition) is 1. The van der Waals surface area contributed by atoms with Gasteiger partial charge in [0.05, 0.1) is 12.1 Å². The molecule has 250 valence electrons. The molecule has 0 radical (unpaired) electrons. The van der Waals surface area contributed by atoms with Crippen LogP contribution in [0, 0.1) is 12.3 Å². The van der Waals surface area contributed by atoms with Gasteiger partial charge in [-0.3, -0.25) is 19.1 Å². The zero-order valence-electron chi connectivity index (χ0n) is 27.7. The number of ether oxygens (including phenoxy) is 1. The summed E-state index contributed by atoms with van der Waals surface area (Å²) < 4.78 is 7.48. The number of likely N-dealkylation sites (tertiary alicyclic amines) is 1. The van der Waals surface area contributed by atoms with Crippen LogP contribution in [0.25, 0.3) is 22.0 Å². The molecule has 3 atom stereocenters. The summed E-state index contributed by atoms with van der Waals surface area (Å²) in [7, 11) is 3.64. The number of ketones is 1. The first-order chi connectivity index (χ1) is 23.0. The number of allylic oxidation sites excluding steroid dienone is 1. The van der Waals surface area contributed by atoms with Crippen molar-refractivity contribution in [3.8, 4) is 11.1 Å². The van der Waals surface area contributed by atoms with E-state index in [1.54, 1.807) is 35.2 Å². The summed E-state index contributed by atoms with van der Waals surface area (Å²) in [5.41, 5.74) is 3.11. The summed E-state index contributed by atoms with van der Waals surface area (Å²) in [6.45, 7) is 6.96. The van der Waals surface area contributed by atoms with Gasteiger partial charge in [-0.25, -0.2) is 15.0 Å². The number of likely N-dealkylation sites (N-methyl/N-ethyl adjacent to an activating group) is 1. The lowest BCUT2D eigenvalue weighted by atomic mass is 9.98. The second-order valence-electron chi connectivity index (χ2n) is 12.7. The van der Waals surface area contributed by atoms with E-state index < -0.39 is 6.04 Å². The predicted molar refractivity (Wildman–Crippen MR) is 185 cm³/mol. The lowest BCUT2D eigenvalue weighted by Gasteiger charge is -2.27. The van der Waals surface area contributed by atoms with E-state index in [9.17, 15) is 14.4 Å².